The Morgan fingerprint density at radius 3 is 2.54 bits per heavy atom. The predicted molar refractivity (Wildman–Crippen MR) is 81.4 cm³/mol. The fourth-order valence-corrected chi connectivity index (χ4v) is 2.55. The molecule has 0 aliphatic heterocycles. The number of pyridine rings is 2. The summed E-state index contributed by atoms with van der Waals surface area (Å²) < 4.78 is 71.1. The van der Waals surface area contributed by atoms with Crippen molar-refractivity contribution in [1.29, 1.82) is 0 Å². The summed E-state index contributed by atoms with van der Waals surface area (Å²) in [5.74, 6) is -5.97. The Kier molecular flexibility index (Phi) is 4.26. The second-order valence-corrected chi connectivity index (χ2v) is 5.61. The Hall–Kier alpha value is -2.49. The zero-order chi connectivity index (χ0) is 19.3. The van der Waals surface area contributed by atoms with Crippen LogP contribution >= 0.6 is 11.6 Å². The molecular formula is C15H9ClF5N3O2. The van der Waals surface area contributed by atoms with Gasteiger partial charge in [-0.15, -0.1) is 0 Å². The zero-order valence-corrected chi connectivity index (χ0v) is 13.7. The number of alkyl halides is 5. The van der Waals surface area contributed by atoms with E-state index in [1.165, 1.54) is 12.1 Å². The molecule has 0 saturated carbocycles. The third-order valence-corrected chi connectivity index (χ3v) is 3.82. The summed E-state index contributed by atoms with van der Waals surface area (Å²) in [5, 5.41) is -0.226. The van der Waals surface area contributed by atoms with Crippen LogP contribution in [0.5, 0.6) is 0 Å². The van der Waals surface area contributed by atoms with Gasteiger partial charge in [0.2, 0.25) is 0 Å². The second kappa shape index (κ2) is 6.04. The van der Waals surface area contributed by atoms with Gasteiger partial charge >= 0.3 is 18.1 Å². The summed E-state index contributed by atoms with van der Waals surface area (Å²) in [4.78, 5) is 19.1. The van der Waals surface area contributed by atoms with E-state index in [0.717, 1.165) is 10.6 Å². The van der Waals surface area contributed by atoms with Crippen molar-refractivity contribution in [2.45, 2.75) is 19.0 Å². The summed E-state index contributed by atoms with van der Waals surface area (Å²) in [7, 11) is 0. The van der Waals surface area contributed by atoms with Crippen LogP contribution in [0.15, 0.2) is 24.4 Å². The molecule has 3 aromatic rings. The lowest BCUT2D eigenvalue weighted by atomic mass is 10.1. The molecule has 3 aromatic heterocycles. The van der Waals surface area contributed by atoms with E-state index in [0.29, 0.717) is 6.07 Å². The largest absolute Gasteiger partial charge is 0.461 e. The van der Waals surface area contributed by atoms with Crippen LogP contribution in [-0.2, 0) is 10.7 Å². The lowest BCUT2D eigenvalue weighted by molar-refractivity contribution is -0.290. The van der Waals surface area contributed by atoms with Gasteiger partial charge in [0.15, 0.2) is 5.69 Å². The average molecular weight is 394 g/mol. The SMILES string of the molecule is CCOC(=O)c1cn2c(ccc3c(Cl)cc(C(F)(F)C(F)(F)F)nc32)n1. The molecule has 0 atom stereocenters. The maximum absolute atomic E-state index is 13.7. The first kappa shape index (κ1) is 18.3. The Labute approximate surface area is 147 Å². The fraction of sp³-hybridized carbons (Fsp3) is 0.267. The minimum atomic E-state index is -5.84. The van der Waals surface area contributed by atoms with Crippen molar-refractivity contribution in [3.05, 3.63) is 40.8 Å². The van der Waals surface area contributed by atoms with Crippen molar-refractivity contribution >= 4 is 34.3 Å². The molecule has 0 saturated heterocycles. The number of rotatable bonds is 3. The number of esters is 1. The monoisotopic (exact) mass is 393 g/mol. The van der Waals surface area contributed by atoms with Crippen LogP contribution in [0.25, 0.3) is 16.7 Å². The Morgan fingerprint density at radius 2 is 1.92 bits per heavy atom. The van der Waals surface area contributed by atoms with Crippen LogP contribution < -0.4 is 0 Å². The van der Waals surface area contributed by atoms with Crippen molar-refractivity contribution in [3.8, 4) is 0 Å². The first-order chi connectivity index (χ1) is 12.1. The maximum atomic E-state index is 13.7. The topological polar surface area (TPSA) is 56.5 Å². The number of fused-ring (bicyclic) bond motifs is 3. The van der Waals surface area contributed by atoms with Crippen molar-refractivity contribution in [2.24, 2.45) is 0 Å². The van der Waals surface area contributed by atoms with E-state index in [9.17, 15) is 26.7 Å². The summed E-state index contributed by atoms with van der Waals surface area (Å²) in [6, 6.07) is 3.24. The van der Waals surface area contributed by atoms with E-state index in [1.54, 1.807) is 6.92 Å². The first-order valence-electron chi connectivity index (χ1n) is 7.16. The van der Waals surface area contributed by atoms with E-state index in [-0.39, 0.29) is 34.0 Å². The minimum absolute atomic E-state index is 0.0828. The lowest BCUT2D eigenvalue weighted by Crippen LogP contribution is -2.34. The lowest BCUT2D eigenvalue weighted by Gasteiger charge is -2.19. The standard InChI is InChI=1S/C15H9ClF5N3O2/c1-2-26-13(25)9-6-24-11(22-9)4-3-7-8(16)5-10(23-12(7)24)14(17,18)15(19,20)21/h3-6H,2H2,1H3. The number of ether oxygens (including phenoxy) is 1. The van der Waals surface area contributed by atoms with Gasteiger partial charge in [-0.3, -0.25) is 4.40 Å². The summed E-state index contributed by atoms with van der Waals surface area (Å²) >= 11 is 5.87. The van der Waals surface area contributed by atoms with Crippen molar-refractivity contribution < 1.29 is 31.5 Å². The van der Waals surface area contributed by atoms with Crippen LogP contribution in [0, 0.1) is 0 Å². The van der Waals surface area contributed by atoms with Crippen LogP contribution in [0.2, 0.25) is 5.02 Å². The number of nitrogens with zero attached hydrogens (tertiary/aromatic N) is 3. The Bertz CT molecular complexity index is 1020. The molecule has 0 radical (unpaired) electrons. The van der Waals surface area contributed by atoms with Gasteiger partial charge in [-0.05, 0) is 25.1 Å². The molecule has 0 aliphatic carbocycles. The predicted octanol–water partition coefficient (Wildman–Crippen LogP) is 4.37. The first-order valence-corrected chi connectivity index (χ1v) is 7.54. The summed E-state index contributed by atoms with van der Waals surface area (Å²) in [6.07, 6.45) is -4.70. The van der Waals surface area contributed by atoms with Gasteiger partial charge in [-0.2, -0.15) is 22.0 Å². The molecule has 0 aliphatic rings. The average Bonchev–Trinajstić information content (AvgIpc) is 2.98. The number of carbonyl (C=O) groups is 1. The molecular weight excluding hydrogens is 385 g/mol. The van der Waals surface area contributed by atoms with Crippen molar-refractivity contribution in [3.63, 3.8) is 0 Å². The normalized spacial score (nSPS) is 12.7. The Balaban J connectivity index is 2.27. The number of carbonyl (C=O) groups excluding carboxylic acids is 1. The smallest absolute Gasteiger partial charge is 0.459 e. The molecule has 0 aromatic carbocycles. The highest BCUT2D eigenvalue weighted by Gasteiger charge is 2.60. The molecule has 26 heavy (non-hydrogen) atoms. The minimum Gasteiger partial charge on any atom is -0.461 e. The molecule has 5 nitrogen and oxygen atoms in total. The molecule has 3 heterocycles. The van der Waals surface area contributed by atoms with Crippen LogP contribution in [0.1, 0.15) is 23.1 Å². The highest BCUT2D eigenvalue weighted by atomic mass is 35.5. The van der Waals surface area contributed by atoms with E-state index < -0.39 is 23.8 Å². The van der Waals surface area contributed by atoms with Gasteiger partial charge in [-0.25, -0.2) is 14.8 Å². The third-order valence-electron chi connectivity index (χ3n) is 3.51. The van der Waals surface area contributed by atoms with Gasteiger partial charge in [0, 0.05) is 11.6 Å². The molecule has 3 rings (SSSR count). The molecule has 138 valence electrons. The number of hydrogen-bond donors (Lipinski definition) is 0. The zero-order valence-electron chi connectivity index (χ0n) is 12.9. The van der Waals surface area contributed by atoms with Crippen LogP contribution in [0.3, 0.4) is 0 Å². The molecule has 0 N–H and O–H groups in total. The fourth-order valence-electron chi connectivity index (χ4n) is 2.30. The van der Waals surface area contributed by atoms with Gasteiger partial charge in [0.25, 0.3) is 0 Å². The molecule has 0 bridgehead atoms. The van der Waals surface area contributed by atoms with Crippen LogP contribution in [0.4, 0.5) is 22.0 Å². The van der Waals surface area contributed by atoms with Crippen molar-refractivity contribution in [2.75, 3.05) is 6.61 Å². The van der Waals surface area contributed by atoms with Gasteiger partial charge in [0.05, 0.1) is 11.6 Å². The van der Waals surface area contributed by atoms with E-state index in [2.05, 4.69) is 9.97 Å². The number of hydrogen-bond acceptors (Lipinski definition) is 4. The van der Waals surface area contributed by atoms with E-state index >= 15 is 0 Å². The van der Waals surface area contributed by atoms with Crippen molar-refractivity contribution in [1.82, 2.24) is 14.4 Å². The van der Waals surface area contributed by atoms with E-state index in [4.69, 9.17) is 16.3 Å². The van der Waals surface area contributed by atoms with Gasteiger partial charge < -0.3 is 4.74 Å². The van der Waals surface area contributed by atoms with Gasteiger partial charge in [-0.1, -0.05) is 11.6 Å². The molecule has 0 fully saturated rings. The van der Waals surface area contributed by atoms with Crippen LogP contribution in [-0.4, -0.2) is 33.1 Å². The van der Waals surface area contributed by atoms with Gasteiger partial charge in [0.1, 0.15) is 17.0 Å². The van der Waals surface area contributed by atoms with E-state index in [1.807, 2.05) is 0 Å². The summed E-state index contributed by atoms with van der Waals surface area (Å²) in [5.41, 5.74) is -1.89. The maximum Gasteiger partial charge on any atom is 0.459 e. The molecule has 11 heteroatoms. The quantitative estimate of drug-likeness (QED) is 0.490. The highest BCUT2D eigenvalue weighted by molar-refractivity contribution is 6.35. The number of imidazole rings is 1. The Morgan fingerprint density at radius 1 is 1.23 bits per heavy atom. The molecule has 0 spiro atoms. The third kappa shape index (κ3) is 2.83. The number of halogens is 6. The highest BCUT2D eigenvalue weighted by Crippen LogP contribution is 2.44. The second-order valence-electron chi connectivity index (χ2n) is 5.21. The number of aromatic nitrogens is 3. The molecule has 0 amide bonds. The molecule has 0 unspecified atom stereocenters. The summed E-state index contributed by atoms with van der Waals surface area (Å²) in [6.45, 7) is 1.66.